The molecule has 0 saturated heterocycles. The fraction of sp³-hybridized carbons (Fsp3) is 0.360. The molecule has 1 aliphatic rings. The molecule has 2 rings (SSSR count). The van der Waals surface area contributed by atoms with E-state index in [4.69, 9.17) is 9.73 Å². The Labute approximate surface area is 175 Å². The van der Waals surface area contributed by atoms with E-state index in [9.17, 15) is 4.79 Å². The zero-order valence-corrected chi connectivity index (χ0v) is 18.3. The average Bonchev–Trinajstić information content (AvgIpc) is 2.66. The Kier molecular flexibility index (Phi) is 7.38. The minimum Gasteiger partial charge on any atom is -0.444 e. The summed E-state index contributed by atoms with van der Waals surface area (Å²) in [6, 6.07) is 8.22. The summed E-state index contributed by atoms with van der Waals surface area (Å²) in [7, 11) is 0. The van der Waals surface area contributed by atoms with Gasteiger partial charge >= 0.3 is 6.09 Å². The normalized spacial score (nSPS) is 15.6. The van der Waals surface area contributed by atoms with Crippen molar-refractivity contribution < 1.29 is 9.53 Å². The van der Waals surface area contributed by atoms with Gasteiger partial charge in [-0.2, -0.15) is 0 Å². The van der Waals surface area contributed by atoms with E-state index >= 15 is 0 Å². The smallest absolute Gasteiger partial charge is 0.410 e. The van der Waals surface area contributed by atoms with Gasteiger partial charge in [-0.3, -0.25) is 0 Å². The van der Waals surface area contributed by atoms with Gasteiger partial charge in [-0.15, -0.1) is 0 Å². The van der Waals surface area contributed by atoms with Crippen LogP contribution in [0.5, 0.6) is 0 Å². The predicted molar refractivity (Wildman–Crippen MR) is 122 cm³/mol. The number of hydrogen-bond acceptors (Lipinski definition) is 3. The second-order valence-electron chi connectivity index (χ2n) is 8.24. The van der Waals surface area contributed by atoms with E-state index in [2.05, 4.69) is 38.3 Å². The maximum atomic E-state index is 12.2. The van der Waals surface area contributed by atoms with Crippen LogP contribution in [0, 0.1) is 6.92 Å². The molecule has 1 aromatic carbocycles. The number of aryl methyl sites for hydroxylation is 1. The van der Waals surface area contributed by atoms with Crippen LogP contribution in [-0.4, -0.2) is 35.4 Å². The maximum absolute atomic E-state index is 12.2. The van der Waals surface area contributed by atoms with E-state index in [0.29, 0.717) is 25.2 Å². The Morgan fingerprint density at radius 1 is 1.28 bits per heavy atom. The lowest BCUT2D eigenvalue weighted by atomic mass is 10.0. The molecule has 0 spiro atoms. The van der Waals surface area contributed by atoms with Crippen LogP contribution in [0.15, 0.2) is 71.4 Å². The zero-order valence-electron chi connectivity index (χ0n) is 18.3. The number of ether oxygens (including phenoxy) is 1. The lowest BCUT2D eigenvalue weighted by Gasteiger charge is -2.29. The van der Waals surface area contributed by atoms with Gasteiger partial charge in [-0.05, 0) is 75.5 Å². The van der Waals surface area contributed by atoms with Gasteiger partial charge in [0.25, 0.3) is 0 Å². The van der Waals surface area contributed by atoms with Crippen molar-refractivity contribution in [1.82, 2.24) is 4.90 Å². The van der Waals surface area contributed by atoms with E-state index in [0.717, 1.165) is 22.4 Å². The average molecular weight is 393 g/mol. The fourth-order valence-electron chi connectivity index (χ4n) is 2.94. The fourth-order valence-corrected chi connectivity index (χ4v) is 2.94. The van der Waals surface area contributed by atoms with Crippen molar-refractivity contribution in [3.05, 3.63) is 77.5 Å². The Balaban J connectivity index is 2.12. The molecule has 0 N–H and O–H groups in total. The van der Waals surface area contributed by atoms with Crippen LogP contribution >= 0.6 is 0 Å². The number of allylic oxidation sites excluding steroid dienone is 2. The molecule has 0 bridgehead atoms. The molecule has 0 aliphatic carbocycles. The summed E-state index contributed by atoms with van der Waals surface area (Å²) < 4.78 is 5.45. The molecule has 4 nitrogen and oxygen atoms in total. The summed E-state index contributed by atoms with van der Waals surface area (Å²) in [6.07, 6.45) is 6.29. The van der Waals surface area contributed by atoms with E-state index in [1.54, 1.807) is 11.0 Å². The van der Waals surface area contributed by atoms with Crippen molar-refractivity contribution in [1.29, 1.82) is 0 Å². The van der Waals surface area contributed by atoms with Gasteiger partial charge < -0.3 is 9.64 Å². The molecular formula is C25H32N2O2. The first kappa shape index (κ1) is 22.4. The third-order valence-electron chi connectivity index (χ3n) is 4.65. The summed E-state index contributed by atoms with van der Waals surface area (Å²) in [5.41, 5.74) is 5.47. The van der Waals surface area contributed by atoms with Gasteiger partial charge in [0, 0.05) is 13.1 Å². The van der Waals surface area contributed by atoms with Gasteiger partial charge in [0.1, 0.15) is 5.60 Å². The van der Waals surface area contributed by atoms with Crippen LogP contribution in [0.25, 0.3) is 6.08 Å². The number of benzene rings is 1. The Morgan fingerprint density at radius 2 is 1.97 bits per heavy atom. The zero-order chi connectivity index (χ0) is 21.6. The van der Waals surface area contributed by atoms with Crippen molar-refractivity contribution >= 4 is 17.9 Å². The molecule has 1 amide bonds. The first-order valence-electron chi connectivity index (χ1n) is 9.92. The van der Waals surface area contributed by atoms with Crippen molar-refractivity contribution in [3.8, 4) is 0 Å². The molecule has 154 valence electrons. The number of amides is 1. The number of carbonyl (C=O) groups is 1. The van der Waals surface area contributed by atoms with Gasteiger partial charge in [0.2, 0.25) is 0 Å². The van der Waals surface area contributed by atoms with Gasteiger partial charge in [-0.1, -0.05) is 43.5 Å². The Bertz CT molecular complexity index is 882. The highest BCUT2D eigenvalue weighted by Crippen LogP contribution is 2.21. The summed E-state index contributed by atoms with van der Waals surface area (Å²) in [4.78, 5) is 18.6. The molecule has 1 heterocycles. The summed E-state index contributed by atoms with van der Waals surface area (Å²) >= 11 is 0. The second-order valence-corrected chi connectivity index (χ2v) is 8.24. The third kappa shape index (κ3) is 6.60. The maximum Gasteiger partial charge on any atom is 0.410 e. The number of rotatable bonds is 5. The lowest BCUT2D eigenvalue weighted by Crippen LogP contribution is -2.39. The van der Waals surface area contributed by atoms with Gasteiger partial charge in [0.05, 0.1) is 11.4 Å². The second kappa shape index (κ2) is 9.55. The first-order chi connectivity index (χ1) is 13.6. The van der Waals surface area contributed by atoms with Crippen molar-refractivity contribution in [2.75, 3.05) is 13.1 Å². The van der Waals surface area contributed by atoms with E-state index in [1.165, 1.54) is 5.56 Å². The topological polar surface area (TPSA) is 41.9 Å². The van der Waals surface area contributed by atoms with Crippen LogP contribution in [0.4, 0.5) is 4.79 Å². The molecule has 0 aromatic heterocycles. The van der Waals surface area contributed by atoms with Crippen LogP contribution in [0.2, 0.25) is 0 Å². The SMILES string of the molecule is C=CC(=NC(=C)/C(C)=C/c1ccccc1C)C1=CCN(C(=O)OC(C)(C)C)CC1. The van der Waals surface area contributed by atoms with Crippen LogP contribution < -0.4 is 0 Å². The first-order valence-corrected chi connectivity index (χ1v) is 9.92. The number of aliphatic imine (C=N–C) groups is 1. The standard InChI is InChI=1S/C25H32N2O2/c1-8-23(21-13-15-27(16-14-21)24(28)29-25(5,6)7)26-20(4)19(3)17-22-12-10-9-11-18(22)2/h8-13,17H,1,4,14-16H2,2-3,5-7H3/b19-17+,26-23?. The van der Waals surface area contributed by atoms with E-state index in [-0.39, 0.29) is 6.09 Å². The largest absolute Gasteiger partial charge is 0.444 e. The number of nitrogens with zero attached hydrogens (tertiary/aromatic N) is 2. The molecule has 0 saturated carbocycles. The quantitative estimate of drug-likeness (QED) is 0.448. The lowest BCUT2D eigenvalue weighted by molar-refractivity contribution is 0.0267. The van der Waals surface area contributed by atoms with Crippen molar-refractivity contribution in [2.45, 2.75) is 46.6 Å². The van der Waals surface area contributed by atoms with Gasteiger partial charge in [0.15, 0.2) is 0 Å². The number of hydrogen-bond donors (Lipinski definition) is 0. The molecule has 0 fully saturated rings. The number of carbonyl (C=O) groups excluding carboxylic acids is 1. The van der Waals surface area contributed by atoms with E-state index < -0.39 is 5.60 Å². The molecule has 0 radical (unpaired) electrons. The summed E-state index contributed by atoms with van der Waals surface area (Å²) in [6.45, 7) is 18.9. The highest BCUT2D eigenvalue weighted by atomic mass is 16.6. The highest BCUT2D eigenvalue weighted by molar-refractivity contribution is 6.09. The summed E-state index contributed by atoms with van der Waals surface area (Å²) in [5, 5.41) is 0. The summed E-state index contributed by atoms with van der Waals surface area (Å²) in [5.74, 6) is 0. The highest BCUT2D eigenvalue weighted by Gasteiger charge is 2.24. The van der Waals surface area contributed by atoms with Crippen molar-refractivity contribution in [3.63, 3.8) is 0 Å². The third-order valence-corrected chi connectivity index (χ3v) is 4.65. The monoisotopic (exact) mass is 392 g/mol. The van der Waals surface area contributed by atoms with E-state index in [1.807, 2.05) is 45.9 Å². The van der Waals surface area contributed by atoms with Crippen LogP contribution in [-0.2, 0) is 4.74 Å². The molecule has 29 heavy (non-hydrogen) atoms. The Hall–Kier alpha value is -2.88. The molecule has 1 aliphatic heterocycles. The molecule has 0 atom stereocenters. The molecule has 4 heteroatoms. The van der Waals surface area contributed by atoms with Crippen LogP contribution in [0.3, 0.4) is 0 Å². The van der Waals surface area contributed by atoms with Crippen LogP contribution in [0.1, 0.15) is 45.2 Å². The van der Waals surface area contributed by atoms with Gasteiger partial charge in [-0.25, -0.2) is 9.79 Å². The minimum absolute atomic E-state index is 0.286. The molecular weight excluding hydrogens is 360 g/mol. The molecule has 0 unspecified atom stereocenters. The predicted octanol–water partition coefficient (Wildman–Crippen LogP) is 6.11. The molecule has 1 aromatic rings. The Morgan fingerprint density at radius 3 is 2.52 bits per heavy atom. The minimum atomic E-state index is -0.493. The van der Waals surface area contributed by atoms with Crippen molar-refractivity contribution in [2.24, 2.45) is 4.99 Å².